The van der Waals surface area contributed by atoms with E-state index in [2.05, 4.69) is 0 Å². The summed E-state index contributed by atoms with van der Waals surface area (Å²) in [5.41, 5.74) is 1.39. The third kappa shape index (κ3) is 7.48. The minimum absolute atomic E-state index is 0.203. The van der Waals surface area contributed by atoms with E-state index in [1.165, 1.54) is 4.90 Å². The smallest absolute Gasteiger partial charge is 0.414 e. The molecule has 0 fully saturated rings. The van der Waals surface area contributed by atoms with Crippen LogP contribution < -0.4 is 0 Å². The molecule has 3 atom stereocenters. The predicted molar refractivity (Wildman–Crippen MR) is 123 cm³/mol. The molecule has 1 aliphatic rings. The molecule has 3 rings (SSSR count). The first-order chi connectivity index (χ1) is 15.3. The van der Waals surface area contributed by atoms with Crippen LogP contribution in [-0.4, -0.2) is 46.6 Å². The van der Waals surface area contributed by atoms with Crippen LogP contribution in [0.5, 0.6) is 0 Å². The van der Waals surface area contributed by atoms with E-state index < -0.39 is 30.0 Å². The largest absolute Gasteiger partial charge is 0.443 e. The molecule has 0 aromatic heterocycles. The minimum Gasteiger partial charge on any atom is -0.443 e. The zero-order valence-corrected chi connectivity index (χ0v) is 19.0. The van der Waals surface area contributed by atoms with Crippen LogP contribution in [0.15, 0.2) is 72.9 Å². The number of hydrogen-bond donors (Lipinski definition) is 1. The van der Waals surface area contributed by atoms with Crippen LogP contribution >= 0.6 is 0 Å². The van der Waals surface area contributed by atoms with Crippen molar-refractivity contribution in [1.29, 1.82) is 0 Å². The normalized spacial score (nSPS) is 22.6. The van der Waals surface area contributed by atoms with Crippen molar-refractivity contribution >= 4 is 6.09 Å². The van der Waals surface area contributed by atoms with Gasteiger partial charge in [-0.05, 0) is 38.3 Å². The van der Waals surface area contributed by atoms with Crippen molar-refractivity contribution in [2.45, 2.75) is 64.3 Å². The summed E-state index contributed by atoms with van der Waals surface area (Å²) in [5.74, 6) is 0. The highest BCUT2D eigenvalue weighted by atomic mass is 16.6. The molecule has 32 heavy (non-hydrogen) atoms. The summed E-state index contributed by atoms with van der Waals surface area (Å²) in [7, 11) is 0. The van der Waals surface area contributed by atoms with Crippen LogP contribution in [0.3, 0.4) is 0 Å². The second-order valence-electron chi connectivity index (χ2n) is 8.92. The Bertz CT molecular complexity index is 863. The van der Waals surface area contributed by atoms with Crippen LogP contribution in [0, 0.1) is 0 Å². The highest BCUT2D eigenvalue weighted by molar-refractivity contribution is 5.69. The van der Waals surface area contributed by atoms with Crippen molar-refractivity contribution in [3.8, 4) is 0 Å². The van der Waals surface area contributed by atoms with Crippen molar-refractivity contribution in [2.75, 3.05) is 6.54 Å². The number of amides is 1. The SMILES string of the molecule is CC(C)(C)OC(=O)N1/C=C\C[C@@H](O)[C@H](OCc2ccccc2)[C@@H](OCc2ccccc2)C1. The summed E-state index contributed by atoms with van der Waals surface area (Å²) in [6.07, 6.45) is 1.37. The van der Waals surface area contributed by atoms with Gasteiger partial charge in [0.2, 0.25) is 0 Å². The molecule has 0 aliphatic carbocycles. The van der Waals surface area contributed by atoms with Crippen molar-refractivity contribution in [3.05, 3.63) is 84.1 Å². The van der Waals surface area contributed by atoms with Gasteiger partial charge in [-0.25, -0.2) is 4.79 Å². The first-order valence-corrected chi connectivity index (χ1v) is 11.0. The fraction of sp³-hybridized carbons (Fsp3) is 0.423. The third-order valence-electron chi connectivity index (χ3n) is 5.01. The minimum atomic E-state index is -0.767. The van der Waals surface area contributed by atoms with E-state index in [4.69, 9.17) is 14.2 Å². The highest BCUT2D eigenvalue weighted by Gasteiger charge is 2.34. The number of carbonyl (C=O) groups excluding carboxylic acids is 1. The molecule has 2 aromatic rings. The second kappa shape index (κ2) is 11.3. The van der Waals surface area contributed by atoms with Gasteiger partial charge in [0.15, 0.2) is 0 Å². The lowest BCUT2D eigenvalue weighted by atomic mass is 10.0. The number of aliphatic hydroxyl groups excluding tert-OH is 1. The monoisotopic (exact) mass is 439 g/mol. The molecular weight excluding hydrogens is 406 g/mol. The summed E-state index contributed by atoms with van der Waals surface area (Å²) in [4.78, 5) is 14.3. The number of hydrogen-bond acceptors (Lipinski definition) is 5. The van der Waals surface area contributed by atoms with Crippen molar-refractivity contribution in [1.82, 2.24) is 4.90 Å². The van der Waals surface area contributed by atoms with Gasteiger partial charge in [-0.3, -0.25) is 4.90 Å². The summed E-state index contributed by atoms with van der Waals surface area (Å²) in [6.45, 7) is 6.38. The Balaban J connectivity index is 1.78. The molecule has 0 spiro atoms. The van der Waals surface area contributed by atoms with Gasteiger partial charge in [0.1, 0.15) is 17.8 Å². The summed E-state index contributed by atoms with van der Waals surface area (Å²) in [6, 6.07) is 19.6. The number of benzene rings is 2. The van der Waals surface area contributed by atoms with E-state index in [1.54, 1.807) is 12.3 Å². The van der Waals surface area contributed by atoms with E-state index in [1.807, 2.05) is 81.4 Å². The van der Waals surface area contributed by atoms with Gasteiger partial charge in [0.05, 0.1) is 25.9 Å². The van der Waals surface area contributed by atoms with E-state index >= 15 is 0 Å². The van der Waals surface area contributed by atoms with Gasteiger partial charge in [0, 0.05) is 6.20 Å². The Morgan fingerprint density at radius 1 is 0.969 bits per heavy atom. The Morgan fingerprint density at radius 2 is 1.53 bits per heavy atom. The van der Waals surface area contributed by atoms with Crippen LogP contribution in [-0.2, 0) is 27.4 Å². The molecule has 2 aromatic carbocycles. The maximum Gasteiger partial charge on any atom is 0.414 e. The molecule has 0 unspecified atom stereocenters. The third-order valence-corrected chi connectivity index (χ3v) is 5.01. The fourth-order valence-electron chi connectivity index (χ4n) is 3.43. The maximum absolute atomic E-state index is 12.8. The van der Waals surface area contributed by atoms with E-state index in [0.29, 0.717) is 19.6 Å². The molecule has 172 valence electrons. The summed E-state index contributed by atoms with van der Waals surface area (Å²) >= 11 is 0. The zero-order valence-electron chi connectivity index (χ0n) is 19.0. The lowest BCUT2D eigenvalue weighted by Crippen LogP contribution is -2.49. The van der Waals surface area contributed by atoms with Crippen LogP contribution in [0.2, 0.25) is 0 Å². The van der Waals surface area contributed by atoms with Crippen molar-refractivity contribution < 1.29 is 24.1 Å². The molecule has 1 amide bonds. The number of aliphatic hydroxyl groups is 1. The molecule has 0 bridgehead atoms. The fourth-order valence-corrected chi connectivity index (χ4v) is 3.43. The van der Waals surface area contributed by atoms with Crippen LogP contribution in [0.1, 0.15) is 38.3 Å². The molecule has 1 N–H and O–H groups in total. The predicted octanol–water partition coefficient (Wildman–Crippen LogP) is 4.67. The van der Waals surface area contributed by atoms with Gasteiger partial charge in [0.25, 0.3) is 0 Å². The maximum atomic E-state index is 12.8. The van der Waals surface area contributed by atoms with E-state index in [-0.39, 0.29) is 6.54 Å². The van der Waals surface area contributed by atoms with E-state index in [0.717, 1.165) is 11.1 Å². The summed E-state index contributed by atoms with van der Waals surface area (Å²) < 4.78 is 17.9. The number of rotatable bonds is 6. The van der Waals surface area contributed by atoms with Gasteiger partial charge in [-0.15, -0.1) is 0 Å². The lowest BCUT2D eigenvalue weighted by molar-refractivity contribution is -0.137. The van der Waals surface area contributed by atoms with Gasteiger partial charge in [-0.2, -0.15) is 0 Å². The Hall–Kier alpha value is -2.67. The molecule has 0 saturated carbocycles. The topological polar surface area (TPSA) is 68.2 Å². The van der Waals surface area contributed by atoms with Crippen molar-refractivity contribution in [2.24, 2.45) is 0 Å². The van der Waals surface area contributed by atoms with Crippen molar-refractivity contribution in [3.63, 3.8) is 0 Å². The summed E-state index contributed by atoms with van der Waals surface area (Å²) in [5, 5.41) is 10.8. The standard InChI is InChI=1S/C26H33NO5/c1-26(2,3)32-25(29)27-16-10-15-22(28)24(31-19-21-13-8-5-9-14-21)23(17-27)30-18-20-11-6-4-7-12-20/h4-14,16,22-24,28H,15,17-19H2,1-3H3/b16-10-/t22-,23+,24+/m1/s1. The highest BCUT2D eigenvalue weighted by Crippen LogP contribution is 2.22. The Morgan fingerprint density at radius 3 is 2.09 bits per heavy atom. The molecule has 0 saturated heterocycles. The average Bonchev–Trinajstić information content (AvgIpc) is 2.75. The molecular formula is C26H33NO5. The van der Waals surface area contributed by atoms with Gasteiger partial charge >= 0.3 is 6.09 Å². The molecule has 1 heterocycles. The molecule has 6 nitrogen and oxygen atoms in total. The Labute approximate surface area is 190 Å². The van der Waals surface area contributed by atoms with E-state index in [9.17, 15) is 9.90 Å². The second-order valence-corrected chi connectivity index (χ2v) is 8.92. The number of carbonyl (C=O) groups is 1. The van der Waals surface area contributed by atoms with Gasteiger partial charge in [-0.1, -0.05) is 66.7 Å². The zero-order chi connectivity index (χ0) is 23.0. The first-order valence-electron chi connectivity index (χ1n) is 11.0. The van der Waals surface area contributed by atoms with Gasteiger partial charge < -0.3 is 19.3 Å². The number of ether oxygens (including phenoxy) is 3. The Kier molecular flexibility index (Phi) is 8.45. The van der Waals surface area contributed by atoms with Crippen LogP contribution in [0.25, 0.3) is 0 Å². The average molecular weight is 440 g/mol. The number of nitrogens with zero attached hydrogens (tertiary/aromatic N) is 1. The van der Waals surface area contributed by atoms with Crippen LogP contribution in [0.4, 0.5) is 4.79 Å². The first kappa shape index (κ1) is 24.0. The lowest BCUT2D eigenvalue weighted by Gasteiger charge is -2.35. The molecule has 0 radical (unpaired) electrons. The quantitative estimate of drug-likeness (QED) is 0.708. The molecule has 6 heteroatoms. The molecule has 1 aliphatic heterocycles.